The number of phenolic OH excluding ortho intramolecular Hbond substituents is 1. The van der Waals surface area contributed by atoms with E-state index in [-0.39, 0.29) is 24.6 Å². The standard InChI is InChI=1S/C38H43N3O5/c1-6-8-22-41(36(44)33(40-37(45)46-38(3,4)5)24-27-16-20-32(42)21-17-27)34(30-15-11-12-26(7-2)23-30)35(43)39-31-19-18-28-13-9-10-14-29(28)25-31/h7,9-21,23,25,33-34,42H,2,6,8,22,24H2,1,3-5H3,(H,39,43)(H,40,45). The molecule has 0 fully saturated rings. The molecule has 0 aliphatic heterocycles. The molecule has 0 saturated heterocycles. The summed E-state index contributed by atoms with van der Waals surface area (Å²) < 4.78 is 5.52. The number of fused-ring (bicyclic) bond motifs is 1. The highest BCUT2D eigenvalue weighted by molar-refractivity contribution is 6.00. The number of benzene rings is 4. The molecule has 0 aliphatic rings. The Balaban J connectivity index is 1.76. The summed E-state index contributed by atoms with van der Waals surface area (Å²) in [6.45, 7) is 11.4. The zero-order valence-electron chi connectivity index (χ0n) is 27.0. The van der Waals surface area contributed by atoms with Crippen LogP contribution in [0.2, 0.25) is 0 Å². The van der Waals surface area contributed by atoms with E-state index in [1.165, 1.54) is 12.1 Å². The van der Waals surface area contributed by atoms with Crippen LogP contribution in [0.25, 0.3) is 16.8 Å². The number of aromatic hydroxyl groups is 1. The Morgan fingerprint density at radius 2 is 1.65 bits per heavy atom. The van der Waals surface area contributed by atoms with Gasteiger partial charge in [-0.1, -0.05) is 86.7 Å². The summed E-state index contributed by atoms with van der Waals surface area (Å²) in [6, 6.07) is 25.3. The van der Waals surface area contributed by atoms with Crippen LogP contribution < -0.4 is 10.6 Å². The molecular formula is C38H43N3O5. The Hall–Kier alpha value is -5.11. The number of anilines is 1. The molecule has 0 aromatic heterocycles. The van der Waals surface area contributed by atoms with E-state index in [4.69, 9.17) is 4.74 Å². The fourth-order valence-corrected chi connectivity index (χ4v) is 5.22. The molecule has 4 aromatic carbocycles. The van der Waals surface area contributed by atoms with Crippen molar-refractivity contribution in [2.24, 2.45) is 0 Å². The van der Waals surface area contributed by atoms with E-state index in [0.717, 1.165) is 22.8 Å². The molecule has 3 amide bonds. The molecule has 4 aromatic rings. The highest BCUT2D eigenvalue weighted by Crippen LogP contribution is 2.28. The first-order valence-corrected chi connectivity index (χ1v) is 15.6. The predicted molar refractivity (Wildman–Crippen MR) is 183 cm³/mol. The van der Waals surface area contributed by atoms with Gasteiger partial charge in [-0.25, -0.2) is 4.79 Å². The third-order valence-electron chi connectivity index (χ3n) is 7.44. The van der Waals surface area contributed by atoms with Crippen molar-refractivity contribution in [3.8, 4) is 5.75 Å². The number of rotatable bonds is 12. The molecule has 3 N–H and O–H groups in total. The van der Waals surface area contributed by atoms with Gasteiger partial charge < -0.3 is 25.4 Å². The number of hydrogen-bond acceptors (Lipinski definition) is 5. The van der Waals surface area contributed by atoms with Crippen LogP contribution >= 0.6 is 0 Å². The largest absolute Gasteiger partial charge is 0.508 e. The SMILES string of the molecule is C=Cc1cccc(C(C(=O)Nc2ccc3ccccc3c2)N(CCCC)C(=O)C(Cc2ccc(O)cc2)NC(=O)OC(C)(C)C)c1. The summed E-state index contributed by atoms with van der Waals surface area (Å²) >= 11 is 0. The maximum absolute atomic E-state index is 14.6. The van der Waals surface area contributed by atoms with Crippen LogP contribution in [0.4, 0.5) is 10.5 Å². The van der Waals surface area contributed by atoms with E-state index in [1.807, 2.05) is 73.7 Å². The highest BCUT2D eigenvalue weighted by Gasteiger charge is 2.36. The maximum Gasteiger partial charge on any atom is 0.408 e. The Kier molecular flexibility index (Phi) is 11.2. The minimum absolute atomic E-state index is 0.0869. The number of carbonyl (C=O) groups is 3. The van der Waals surface area contributed by atoms with Gasteiger partial charge in [0, 0.05) is 18.7 Å². The van der Waals surface area contributed by atoms with E-state index in [9.17, 15) is 19.5 Å². The zero-order valence-corrected chi connectivity index (χ0v) is 27.0. The third-order valence-corrected chi connectivity index (χ3v) is 7.44. The Labute approximate surface area is 271 Å². The lowest BCUT2D eigenvalue weighted by atomic mass is 9.98. The topological polar surface area (TPSA) is 108 Å². The number of alkyl carbamates (subject to hydrolysis) is 1. The molecule has 0 saturated carbocycles. The Bertz CT molecular complexity index is 1680. The smallest absolute Gasteiger partial charge is 0.408 e. The van der Waals surface area contributed by atoms with Crippen molar-refractivity contribution in [1.82, 2.24) is 10.2 Å². The van der Waals surface area contributed by atoms with Crippen LogP contribution in [0.15, 0.2) is 97.6 Å². The molecular weight excluding hydrogens is 578 g/mol. The van der Waals surface area contributed by atoms with Gasteiger partial charge in [-0.3, -0.25) is 9.59 Å². The summed E-state index contributed by atoms with van der Waals surface area (Å²) in [7, 11) is 0. The maximum atomic E-state index is 14.6. The molecule has 2 atom stereocenters. The van der Waals surface area contributed by atoms with Gasteiger partial charge >= 0.3 is 6.09 Å². The summed E-state index contributed by atoms with van der Waals surface area (Å²) in [5.41, 5.74) is 1.94. The number of carbonyl (C=O) groups excluding carboxylic acids is 3. The molecule has 0 bridgehead atoms. The first-order chi connectivity index (χ1) is 22.0. The van der Waals surface area contributed by atoms with E-state index in [0.29, 0.717) is 23.2 Å². The van der Waals surface area contributed by atoms with Crippen molar-refractivity contribution in [2.75, 3.05) is 11.9 Å². The fourth-order valence-electron chi connectivity index (χ4n) is 5.22. The zero-order chi connectivity index (χ0) is 33.3. The second-order valence-electron chi connectivity index (χ2n) is 12.3. The lowest BCUT2D eigenvalue weighted by Crippen LogP contribution is -2.53. The second kappa shape index (κ2) is 15.3. The van der Waals surface area contributed by atoms with Crippen LogP contribution in [0.3, 0.4) is 0 Å². The van der Waals surface area contributed by atoms with E-state index >= 15 is 0 Å². The van der Waals surface area contributed by atoms with Gasteiger partial charge in [0.15, 0.2) is 0 Å². The van der Waals surface area contributed by atoms with Crippen LogP contribution in [-0.2, 0) is 20.7 Å². The normalized spacial score (nSPS) is 12.5. The number of phenols is 1. The van der Waals surface area contributed by atoms with Crippen molar-refractivity contribution in [3.05, 3.63) is 114 Å². The van der Waals surface area contributed by atoms with Crippen molar-refractivity contribution in [2.45, 2.75) is 64.6 Å². The monoisotopic (exact) mass is 621 g/mol. The average molecular weight is 622 g/mol. The van der Waals surface area contributed by atoms with Gasteiger partial charge in [0.05, 0.1) is 0 Å². The molecule has 0 spiro atoms. The minimum Gasteiger partial charge on any atom is -0.508 e. The van der Waals surface area contributed by atoms with Crippen LogP contribution in [-0.4, -0.2) is 46.1 Å². The number of unbranched alkanes of at least 4 members (excludes halogenated alkanes) is 1. The van der Waals surface area contributed by atoms with Crippen molar-refractivity contribution >= 4 is 40.4 Å². The number of amides is 3. The summed E-state index contributed by atoms with van der Waals surface area (Å²) in [5, 5.41) is 17.7. The lowest BCUT2D eigenvalue weighted by molar-refractivity contribution is -0.140. The number of nitrogens with one attached hydrogen (secondary N) is 2. The third kappa shape index (κ3) is 9.20. The van der Waals surface area contributed by atoms with Crippen molar-refractivity contribution in [1.29, 1.82) is 0 Å². The number of nitrogens with zero attached hydrogens (tertiary/aromatic N) is 1. The predicted octanol–water partition coefficient (Wildman–Crippen LogP) is 7.63. The molecule has 8 nitrogen and oxygen atoms in total. The van der Waals surface area contributed by atoms with Gasteiger partial charge in [-0.05, 0) is 85.0 Å². The molecule has 4 rings (SSSR count). The van der Waals surface area contributed by atoms with Gasteiger partial charge in [0.2, 0.25) is 5.91 Å². The molecule has 0 heterocycles. The summed E-state index contributed by atoms with van der Waals surface area (Å²) in [6.07, 6.45) is 2.47. The molecule has 0 radical (unpaired) electrons. The van der Waals surface area contributed by atoms with Gasteiger partial charge in [-0.2, -0.15) is 0 Å². The van der Waals surface area contributed by atoms with E-state index in [1.54, 1.807) is 43.9 Å². The van der Waals surface area contributed by atoms with Gasteiger partial charge in [0.25, 0.3) is 5.91 Å². The molecule has 0 aliphatic carbocycles. The van der Waals surface area contributed by atoms with E-state index in [2.05, 4.69) is 17.2 Å². The van der Waals surface area contributed by atoms with Crippen LogP contribution in [0.5, 0.6) is 5.75 Å². The van der Waals surface area contributed by atoms with Gasteiger partial charge in [0.1, 0.15) is 23.4 Å². The number of ether oxygens (including phenoxy) is 1. The first-order valence-electron chi connectivity index (χ1n) is 15.6. The highest BCUT2D eigenvalue weighted by atomic mass is 16.6. The van der Waals surface area contributed by atoms with Crippen LogP contribution in [0.1, 0.15) is 63.3 Å². The van der Waals surface area contributed by atoms with Crippen molar-refractivity contribution < 1.29 is 24.2 Å². The lowest BCUT2D eigenvalue weighted by Gasteiger charge is -2.35. The Morgan fingerprint density at radius 3 is 2.33 bits per heavy atom. The van der Waals surface area contributed by atoms with Gasteiger partial charge in [-0.15, -0.1) is 0 Å². The molecule has 240 valence electrons. The van der Waals surface area contributed by atoms with E-state index < -0.39 is 29.7 Å². The molecule has 8 heteroatoms. The quantitative estimate of drug-likeness (QED) is 0.151. The molecule has 2 unspecified atom stereocenters. The van der Waals surface area contributed by atoms with Crippen molar-refractivity contribution in [3.63, 3.8) is 0 Å². The minimum atomic E-state index is -1.06. The number of hydrogen-bond donors (Lipinski definition) is 3. The first kappa shape index (κ1) is 33.8. The fraction of sp³-hybridized carbons (Fsp3) is 0.289. The Morgan fingerprint density at radius 1 is 0.935 bits per heavy atom. The molecule has 46 heavy (non-hydrogen) atoms. The second-order valence-corrected chi connectivity index (χ2v) is 12.3. The average Bonchev–Trinajstić information content (AvgIpc) is 3.02. The summed E-state index contributed by atoms with van der Waals surface area (Å²) in [4.78, 5) is 43.5. The summed E-state index contributed by atoms with van der Waals surface area (Å²) in [5.74, 6) is -0.736. The van der Waals surface area contributed by atoms with Crippen LogP contribution in [0, 0.1) is 0 Å².